The van der Waals surface area contributed by atoms with E-state index in [0.717, 1.165) is 18.5 Å². The number of rotatable bonds is 10. The molecule has 1 saturated carbocycles. The molecule has 0 saturated heterocycles. The van der Waals surface area contributed by atoms with Crippen molar-refractivity contribution in [3.05, 3.63) is 82.8 Å². The topological polar surface area (TPSA) is 115 Å². The molecule has 41 heavy (non-hydrogen) atoms. The monoisotopic (exact) mass is 585 g/mol. The summed E-state index contributed by atoms with van der Waals surface area (Å²) in [5, 5.41) is 30.1. The first-order chi connectivity index (χ1) is 19.8. The zero-order valence-corrected chi connectivity index (χ0v) is 22.4. The standard InChI is InChI=1S/C26H23ClF3N9O2/c1-36-25(31-14-33-36)17-10-32-37(11-17)20(8-9-41-26(29)30)21-6-4-16(12-39(21)40)23-22(7-5-18(27)24(23)28)38-13-19(34-35-38)15-2-3-15/h4-7,10-15,20,26H,2-3,8-9H2,1H3/t20-/m1/s1. The molecule has 1 aliphatic carbocycles. The molecule has 1 atom stereocenters. The van der Waals surface area contributed by atoms with E-state index in [1.54, 1.807) is 36.3 Å². The summed E-state index contributed by atoms with van der Waals surface area (Å²) < 4.78 is 50.5. The molecule has 15 heteroatoms. The quantitative estimate of drug-likeness (QED) is 0.176. The van der Waals surface area contributed by atoms with E-state index in [-0.39, 0.29) is 34.9 Å². The maximum Gasteiger partial charge on any atom is 0.345 e. The predicted molar refractivity (Wildman–Crippen MR) is 140 cm³/mol. The molecule has 1 fully saturated rings. The third-order valence-electron chi connectivity index (χ3n) is 6.93. The van der Waals surface area contributed by atoms with Crippen LogP contribution in [0.3, 0.4) is 0 Å². The number of nitrogens with zero attached hydrogens (tertiary/aromatic N) is 9. The van der Waals surface area contributed by atoms with E-state index < -0.39 is 18.5 Å². The molecule has 0 spiro atoms. The SMILES string of the molecule is Cn1ncnc1-c1cnn([C@H](CCOC(F)F)c2ccc(-c3c(-n4cc(C5CC5)nn4)ccc(Cl)c3F)c[n+]2[O-])c1. The zero-order valence-electron chi connectivity index (χ0n) is 21.6. The van der Waals surface area contributed by atoms with Gasteiger partial charge in [0.2, 0.25) is 5.69 Å². The van der Waals surface area contributed by atoms with Crippen LogP contribution in [-0.4, -0.2) is 52.8 Å². The minimum Gasteiger partial charge on any atom is -0.618 e. The van der Waals surface area contributed by atoms with Crippen molar-refractivity contribution in [2.75, 3.05) is 6.61 Å². The van der Waals surface area contributed by atoms with E-state index >= 15 is 4.39 Å². The highest BCUT2D eigenvalue weighted by molar-refractivity contribution is 6.31. The minimum atomic E-state index is -2.97. The third kappa shape index (κ3) is 5.39. The summed E-state index contributed by atoms with van der Waals surface area (Å²) in [4.78, 5) is 4.19. The van der Waals surface area contributed by atoms with Crippen LogP contribution < -0.4 is 4.73 Å². The maximum absolute atomic E-state index is 15.5. The van der Waals surface area contributed by atoms with E-state index in [9.17, 15) is 14.0 Å². The van der Waals surface area contributed by atoms with Gasteiger partial charge in [0, 0.05) is 31.6 Å². The van der Waals surface area contributed by atoms with Crippen LogP contribution >= 0.6 is 11.6 Å². The van der Waals surface area contributed by atoms with Crippen LogP contribution in [0.5, 0.6) is 0 Å². The summed E-state index contributed by atoms with van der Waals surface area (Å²) in [6.45, 7) is -3.31. The molecule has 11 nitrogen and oxygen atoms in total. The second-order valence-electron chi connectivity index (χ2n) is 9.64. The van der Waals surface area contributed by atoms with Crippen LogP contribution in [0.15, 0.2) is 55.4 Å². The average molecular weight is 586 g/mol. The Bertz CT molecular complexity index is 1700. The summed E-state index contributed by atoms with van der Waals surface area (Å²) >= 11 is 6.13. The molecule has 0 bridgehead atoms. The van der Waals surface area contributed by atoms with Crippen LogP contribution in [-0.2, 0) is 11.8 Å². The average Bonchev–Trinajstić information content (AvgIpc) is 3.29. The number of alkyl halides is 2. The van der Waals surface area contributed by atoms with Gasteiger partial charge in [-0.1, -0.05) is 16.8 Å². The number of hydrogen-bond donors (Lipinski definition) is 0. The molecule has 212 valence electrons. The molecule has 0 amide bonds. The summed E-state index contributed by atoms with van der Waals surface area (Å²) in [5.41, 5.74) is 2.28. The Morgan fingerprint density at radius 2 is 1.98 bits per heavy atom. The normalized spacial score (nSPS) is 14.2. The fourth-order valence-corrected chi connectivity index (χ4v) is 4.89. The third-order valence-corrected chi connectivity index (χ3v) is 7.22. The van der Waals surface area contributed by atoms with Crippen LogP contribution in [0.1, 0.15) is 42.6 Å². The molecule has 0 N–H and O–H groups in total. The van der Waals surface area contributed by atoms with Gasteiger partial charge in [0.15, 0.2) is 17.8 Å². The lowest BCUT2D eigenvalue weighted by molar-refractivity contribution is -0.615. The zero-order chi connectivity index (χ0) is 28.7. The van der Waals surface area contributed by atoms with Crippen molar-refractivity contribution in [3.8, 4) is 28.2 Å². The Morgan fingerprint density at radius 3 is 2.68 bits per heavy atom. The second kappa shape index (κ2) is 10.9. The minimum absolute atomic E-state index is 0.00549. The number of ether oxygens (including phenoxy) is 1. The molecule has 4 aromatic heterocycles. The maximum atomic E-state index is 15.5. The van der Waals surface area contributed by atoms with E-state index in [4.69, 9.17) is 11.6 Å². The van der Waals surface area contributed by atoms with Crippen molar-refractivity contribution in [3.63, 3.8) is 0 Å². The van der Waals surface area contributed by atoms with Gasteiger partial charge in [0.05, 0.1) is 52.1 Å². The van der Waals surface area contributed by atoms with Crippen molar-refractivity contribution in [2.24, 2.45) is 7.05 Å². The van der Waals surface area contributed by atoms with Crippen molar-refractivity contribution in [1.29, 1.82) is 0 Å². The van der Waals surface area contributed by atoms with Crippen molar-refractivity contribution < 1.29 is 22.6 Å². The Hall–Kier alpha value is -4.30. The number of hydrogen-bond acceptors (Lipinski definition) is 7. The molecule has 0 unspecified atom stereocenters. The second-order valence-corrected chi connectivity index (χ2v) is 10.0. The van der Waals surface area contributed by atoms with Crippen LogP contribution in [0.4, 0.5) is 13.2 Å². The van der Waals surface area contributed by atoms with Crippen molar-refractivity contribution in [1.82, 2.24) is 39.5 Å². The highest BCUT2D eigenvalue weighted by Crippen LogP contribution is 2.40. The fourth-order valence-electron chi connectivity index (χ4n) is 4.73. The molecule has 1 aliphatic rings. The lowest BCUT2D eigenvalue weighted by atomic mass is 10.0. The highest BCUT2D eigenvalue weighted by Gasteiger charge is 2.29. The van der Waals surface area contributed by atoms with Gasteiger partial charge in [-0.15, -0.1) is 5.10 Å². The molecule has 6 rings (SSSR count). The number of aryl methyl sites for hydroxylation is 1. The first-order valence-corrected chi connectivity index (χ1v) is 13.1. The van der Waals surface area contributed by atoms with Gasteiger partial charge in [-0.3, -0.25) is 4.68 Å². The predicted octanol–water partition coefficient (Wildman–Crippen LogP) is 4.45. The Kier molecular flexibility index (Phi) is 7.17. The largest absolute Gasteiger partial charge is 0.618 e. The number of pyridine rings is 1. The van der Waals surface area contributed by atoms with Gasteiger partial charge in [-0.05, 0) is 31.0 Å². The molecular weight excluding hydrogens is 563 g/mol. The Morgan fingerprint density at radius 1 is 1.15 bits per heavy atom. The van der Waals surface area contributed by atoms with E-state index in [2.05, 4.69) is 30.2 Å². The first-order valence-electron chi connectivity index (χ1n) is 12.7. The van der Waals surface area contributed by atoms with Gasteiger partial charge in [0.25, 0.3) is 0 Å². The molecule has 4 heterocycles. The lowest BCUT2D eigenvalue weighted by Gasteiger charge is -2.18. The summed E-state index contributed by atoms with van der Waals surface area (Å²) in [6, 6.07) is 5.30. The lowest BCUT2D eigenvalue weighted by Crippen LogP contribution is -2.36. The highest BCUT2D eigenvalue weighted by atomic mass is 35.5. The molecule has 5 aromatic rings. The molecular formula is C26H23ClF3N9O2. The van der Waals surface area contributed by atoms with E-state index in [1.165, 1.54) is 40.2 Å². The number of benzene rings is 1. The number of halogens is 4. The van der Waals surface area contributed by atoms with Crippen LogP contribution in [0, 0.1) is 11.0 Å². The Balaban J connectivity index is 1.38. The van der Waals surface area contributed by atoms with Crippen molar-refractivity contribution >= 4 is 11.6 Å². The summed E-state index contributed by atoms with van der Waals surface area (Å²) in [5.74, 6) is 0.156. The van der Waals surface area contributed by atoms with E-state index in [0.29, 0.717) is 27.7 Å². The molecule has 0 radical (unpaired) electrons. The Labute approximate surface area is 236 Å². The van der Waals surface area contributed by atoms with Gasteiger partial charge >= 0.3 is 6.61 Å². The van der Waals surface area contributed by atoms with Gasteiger partial charge in [-0.2, -0.15) is 23.7 Å². The summed E-state index contributed by atoms with van der Waals surface area (Å²) in [6.07, 6.45) is 9.58. The summed E-state index contributed by atoms with van der Waals surface area (Å²) in [7, 11) is 1.72. The molecule has 1 aromatic carbocycles. The van der Waals surface area contributed by atoms with Crippen LogP contribution in [0.25, 0.3) is 28.2 Å². The number of aromatic nitrogens is 9. The van der Waals surface area contributed by atoms with Gasteiger partial charge in [-0.25, -0.2) is 18.7 Å². The van der Waals surface area contributed by atoms with E-state index in [1.807, 2.05) is 0 Å². The fraction of sp³-hybridized carbons (Fsp3) is 0.308. The van der Waals surface area contributed by atoms with Crippen molar-refractivity contribution in [2.45, 2.75) is 37.8 Å². The smallest absolute Gasteiger partial charge is 0.345 e. The van der Waals surface area contributed by atoms with Crippen LogP contribution in [0.2, 0.25) is 5.02 Å². The van der Waals surface area contributed by atoms with Gasteiger partial charge in [0.1, 0.15) is 12.4 Å². The first kappa shape index (κ1) is 26.9. The van der Waals surface area contributed by atoms with Gasteiger partial charge < -0.3 is 9.94 Å². The molecule has 0 aliphatic heterocycles.